The maximum atomic E-state index is 4.66. The van der Waals surface area contributed by atoms with Crippen LogP contribution in [0.25, 0.3) is 0 Å². The van der Waals surface area contributed by atoms with E-state index >= 15 is 0 Å². The van der Waals surface area contributed by atoms with Crippen molar-refractivity contribution in [2.45, 2.75) is 46.0 Å². The predicted octanol–water partition coefficient (Wildman–Crippen LogP) is 2.20. The lowest BCUT2D eigenvalue weighted by molar-refractivity contribution is 0.703. The van der Waals surface area contributed by atoms with E-state index in [-0.39, 0.29) is 0 Å². The standard InChI is InChI=1S/C14H23N3/c1-10-13(5-4-8-15-3)11(2)17-14(16-10)9-12-6-7-12/h12,15H,4-9H2,1-3H3. The van der Waals surface area contributed by atoms with E-state index in [1.54, 1.807) is 0 Å². The summed E-state index contributed by atoms with van der Waals surface area (Å²) in [7, 11) is 1.99. The zero-order chi connectivity index (χ0) is 12.3. The van der Waals surface area contributed by atoms with Gasteiger partial charge in [-0.2, -0.15) is 0 Å². The number of hydrogen-bond acceptors (Lipinski definition) is 3. The Balaban J connectivity index is 2.04. The summed E-state index contributed by atoms with van der Waals surface area (Å²) in [5.74, 6) is 1.92. The highest BCUT2D eigenvalue weighted by Gasteiger charge is 2.23. The van der Waals surface area contributed by atoms with Crippen molar-refractivity contribution in [1.29, 1.82) is 0 Å². The van der Waals surface area contributed by atoms with Gasteiger partial charge >= 0.3 is 0 Å². The lowest BCUT2D eigenvalue weighted by Crippen LogP contribution is -2.11. The van der Waals surface area contributed by atoms with Crippen LogP contribution in [-0.4, -0.2) is 23.6 Å². The minimum Gasteiger partial charge on any atom is -0.320 e. The zero-order valence-electron chi connectivity index (χ0n) is 11.2. The SMILES string of the molecule is CNCCCc1c(C)nc(CC2CC2)nc1C. The van der Waals surface area contributed by atoms with Crippen LogP contribution in [0.15, 0.2) is 0 Å². The van der Waals surface area contributed by atoms with Gasteiger partial charge < -0.3 is 5.32 Å². The molecule has 1 aliphatic carbocycles. The number of nitrogens with one attached hydrogen (secondary N) is 1. The summed E-state index contributed by atoms with van der Waals surface area (Å²) in [6.07, 6.45) is 6.06. The van der Waals surface area contributed by atoms with Crippen LogP contribution < -0.4 is 5.32 Å². The molecule has 0 amide bonds. The molecule has 1 aliphatic rings. The molecule has 0 atom stereocenters. The van der Waals surface area contributed by atoms with Crippen molar-refractivity contribution >= 4 is 0 Å². The number of rotatable bonds is 6. The van der Waals surface area contributed by atoms with Crippen molar-refractivity contribution in [3.05, 3.63) is 22.8 Å². The van der Waals surface area contributed by atoms with Gasteiger partial charge in [-0.05, 0) is 64.6 Å². The van der Waals surface area contributed by atoms with Gasteiger partial charge in [0.1, 0.15) is 5.82 Å². The summed E-state index contributed by atoms with van der Waals surface area (Å²) in [4.78, 5) is 9.32. The molecule has 0 spiro atoms. The van der Waals surface area contributed by atoms with E-state index in [0.717, 1.165) is 37.5 Å². The smallest absolute Gasteiger partial charge is 0.129 e. The van der Waals surface area contributed by atoms with Gasteiger partial charge in [-0.25, -0.2) is 9.97 Å². The van der Waals surface area contributed by atoms with Gasteiger partial charge in [0.25, 0.3) is 0 Å². The maximum Gasteiger partial charge on any atom is 0.129 e. The Labute approximate surface area is 104 Å². The van der Waals surface area contributed by atoms with Crippen LogP contribution in [0.5, 0.6) is 0 Å². The lowest BCUT2D eigenvalue weighted by Gasteiger charge is -2.10. The third kappa shape index (κ3) is 3.50. The Hall–Kier alpha value is -0.960. The quantitative estimate of drug-likeness (QED) is 0.765. The third-order valence-electron chi connectivity index (χ3n) is 3.49. The summed E-state index contributed by atoms with van der Waals surface area (Å²) in [6.45, 7) is 5.31. The highest BCUT2D eigenvalue weighted by molar-refractivity contribution is 5.24. The Bertz CT molecular complexity index is 360. The normalized spacial score (nSPS) is 15.2. The molecular weight excluding hydrogens is 210 g/mol. The molecule has 1 aromatic heterocycles. The maximum absolute atomic E-state index is 4.66. The van der Waals surface area contributed by atoms with E-state index in [0.29, 0.717) is 0 Å². The summed E-state index contributed by atoms with van der Waals surface area (Å²) in [5, 5.41) is 3.18. The molecule has 3 nitrogen and oxygen atoms in total. The lowest BCUT2D eigenvalue weighted by atomic mass is 10.1. The largest absolute Gasteiger partial charge is 0.320 e. The van der Waals surface area contributed by atoms with Gasteiger partial charge in [-0.1, -0.05) is 0 Å². The summed E-state index contributed by atoms with van der Waals surface area (Å²) in [6, 6.07) is 0. The van der Waals surface area contributed by atoms with Gasteiger partial charge in [-0.3, -0.25) is 0 Å². The van der Waals surface area contributed by atoms with Crippen molar-refractivity contribution in [3.63, 3.8) is 0 Å². The highest BCUT2D eigenvalue weighted by Crippen LogP contribution is 2.31. The summed E-state index contributed by atoms with van der Waals surface area (Å²) in [5.41, 5.74) is 3.72. The van der Waals surface area contributed by atoms with Gasteiger partial charge in [0, 0.05) is 17.8 Å². The van der Waals surface area contributed by atoms with Crippen molar-refractivity contribution in [1.82, 2.24) is 15.3 Å². The molecule has 0 bridgehead atoms. The first-order chi connectivity index (χ1) is 8.20. The van der Waals surface area contributed by atoms with Crippen LogP contribution in [0.3, 0.4) is 0 Å². The van der Waals surface area contributed by atoms with Gasteiger partial charge in [-0.15, -0.1) is 0 Å². The monoisotopic (exact) mass is 233 g/mol. The van der Waals surface area contributed by atoms with Crippen LogP contribution in [0.2, 0.25) is 0 Å². The molecule has 1 fully saturated rings. The average Bonchev–Trinajstić information content (AvgIpc) is 3.06. The molecule has 1 aromatic rings. The van der Waals surface area contributed by atoms with E-state index in [9.17, 15) is 0 Å². The van der Waals surface area contributed by atoms with Crippen LogP contribution in [0.1, 0.15) is 42.0 Å². The predicted molar refractivity (Wildman–Crippen MR) is 70.2 cm³/mol. The fourth-order valence-corrected chi connectivity index (χ4v) is 2.28. The third-order valence-corrected chi connectivity index (χ3v) is 3.49. The number of nitrogens with zero attached hydrogens (tertiary/aromatic N) is 2. The number of hydrogen-bond donors (Lipinski definition) is 1. The average molecular weight is 233 g/mol. The fourth-order valence-electron chi connectivity index (χ4n) is 2.28. The molecule has 0 aliphatic heterocycles. The highest BCUT2D eigenvalue weighted by atomic mass is 14.9. The molecule has 94 valence electrons. The topological polar surface area (TPSA) is 37.8 Å². The van der Waals surface area contributed by atoms with Crippen molar-refractivity contribution in [3.8, 4) is 0 Å². The minimum atomic E-state index is 0.865. The molecule has 0 radical (unpaired) electrons. The fraction of sp³-hybridized carbons (Fsp3) is 0.714. The zero-order valence-corrected chi connectivity index (χ0v) is 11.2. The molecule has 1 saturated carbocycles. The van der Waals surface area contributed by atoms with E-state index in [4.69, 9.17) is 0 Å². The van der Waals surface area contributed by atoms with E-state index in [1.165, 1.54) is 29.8 Å². The Morgan fingerprint density at radius 1 is 1.18 bits per heavy atom. The van der Waals surface area contributed by atoms with E-state index in [2.05, 4.69) is 29.1 Å². The first kappa shape index (κ1) is 12.5. The molecule has 0 saturated heterocycles. The molecule has 1 heterocycles. The van der Waals surface area contributed by atoms with Crippen molar-refractivity contribution in [2.75, 3.05) is 13.6 Å². The number of aryl methyl sites for hydroxylation is 2. The van der Waals surface area contributed by atoms with Gasteiger partial charge in [0.15, 0.2) is 0 Å². The Morgan fingerprint density at radius 3 is 2.35 bits per heavy atom. The molecule has 17 heavy (non-hydrogen) atoms. The van der Waals surface area contributed by atoms with Crippen LogP contribution in [0, 0.1) is 19.8 Å². The minimum absolute atomic E-state index is 0.865. The van der Waals surface area contributed by atoms with Gasteiger partial charge in [0.05, 0.1) is 0 Å². The molecule has 3 heteroatoms. The molecule has 1 N–H and O–H groups in total. The first-order valence-corrected chi connectivity index (χ1v) is 6.68. The second kappa shape index (κ2) is 5.58. The van der Waals surface area contributed by atoms with Crippen LogP contribution in [-0.2, 0) is 12.8 Å². The van der Waals surface area contributed by atoms with Gasteiger partial charge in [0.2, 0.25) is 0 Å². The van der Waals surface area contributed by atoms with E-state index < -0.39 is 0 Å². The number of aromatic nitrogens is 2. The second-order valence-corrected chi connectivity index (χ2v) is 5.14. The van der Waals surface area contributed by atoms with Crippen molar-refractivity contribution < 1.29 is 0 Å². The molecule has 0 aromatic carbocycles. The molecular formula is C14H23N3. The first-order valence-electron chi connectivity index (χ1n) is 6.68. The summed E-state index contributed by atoms with van der Waals surface area (Å²) < 4.78 is 0. The van der Waals surface area contributed by atoms with E-state index in [1.807, 2.05) is 7.05 Å². The van der Waals surface area contributed by atoms with Crippen LogP contribution in [0.4, 0.5) is 0 Å². The second-order valence-electron chi connectivity index (χ2n) is 5.14. The molecule has 2 rings (SSSR count). The van der Waals surface area contributed by atoms with Crippen molar-refractivity contribution in [2.24, 2.45) is 5.92 Å². The Kier molecular flexibility index (Phi) is 4.11. The van der Waals surface area contributed by atoms with Crippen LogP contribution >= 0.6 is 0 Å². The molecule has 0 unspecified atom stereocenters. The Morgan fingerprint density at radius 2 is 1.82 bits per heavy atom. The summed E-state index contributed by atoms with van der Waals surface area (Å²) >= 11 is 0.